The summed E-state index contributed by atoms with van der Waals surface area (Å²) in [5, 5.41) is 13.0. The van der Waals surface area contributed by atoms with Gasteiger partial charge in [0.1, 0.15) is 0 Å². The fraction of sp³-hybridized carbons (Fsp3) is 0.462. The molecule has 0 fully saturated rings. The zero-order valence-electron chi connectivity index (χ0n) is 12.2. The topological polar surface area (TPSA) is 97.4 Å². The fourth-order valence-corrected chi connectivity index (χ4v) is 3.04. The highest BCUT2D eigenvalue weighted by Crippen LogP contribution is 2.19. The second-order valence-corrected chi connectivity index (χ2v) is 6.85. The Bertz CT molecular complexity index is 716. The van der Waals surface area contributed by atoms with E-state index in [1.165, 1.54) is 12.3 Å². The normalized spacial score (nSPS) is 12.2. The number of hydrogen-bond acceptors (Lipinski definition) is 5. The van der Waals surface area contributed by atoms with E-state index in [4.69, 9.17) is 4.52 Å². The zero-order valence-corrected chi connectivity index (χ0v) is 13.0. The number of sulfonamides is 1. The summed E-state index contributed by atoms with van der Waals surface area (Å²) in [4.78, 5) is 0.122. The van der Waals surface area contributed by atoms with E-state index in [2.05, 4.69) is 9.88 Å². The van der Waals surface area contributed by atoms with Gasteiger partial charge in [0.25, 0.3) is 0 Å². The molecule has 0 atom stereocenters. The lowest BCUT2D eigenvalue weighted by Crippen LogP contribution is -2.22. The standard InChI is InChI=1S/C13H19N3O4S/c1-9(2)16-7-13(5-11(16)8-17)21(18,19)14-6-12-4-10(3)15-20-12/h4-5,7,9,14,17H,6,8H2,1-3H3. The van der Waals surface area contributed by atoms with Crippen LogP contribution in [-0.2, 0) is 23.2 Å². The summed E-state index contributed by atoms with van der Waals surface area (Å²) in [6, 6.07) is 3.20. The largest absolute Gasteiger partial charge is 0.390 e. The third-order valence-electron chi connectivity index (χ3n) is 3.05. The molecule has 8 heteroatoms. The average molecular weight is 313 g/mol. The van der Waals surface area contributed by atoms with Gasteiger partial charge in [0.15, 0.2) is 5.76 Å². The van der Waals surface area contributed by atoms with E-state index in [1.807, 2.05) is 13.8 Å². The predicted octanol–water partition coefficient (Wildman–Crippen LogP) is 1.34. The molecular weight excluding hydrogens is 294 g/mol. The van der Waals surface area contributed by atoms with Crippen molar-refractivity contribution >= 4 is 10.0 Å². The van der Waals surface area contributed by atoms with E-state index >= 15 is 0 Å². The molecule has 0 aromatic carbocycles. The molecule has 0 saturated heterocycles. The predicted molar refractivity (Wildman–Crippen MR) is 76.0 cm³/mol. The maximum Gasteiger partial charge on any atom is 0.242 e. The first-order valence-corrected chi connectivity index (χ1v) is 8.05. The Hall–Kier alpha value is -1.64. The average Bonchev–Trinajstić information content (AvgIpc) is 3.02. The van der Waals surface area contributed by atoms with Crippen LogP contribution in [0.1, 0.15) is 37.0 Å². The van der Waals surface area contributed by atoms with Crippen molar-refractivity contribution < 1.29 is 18.0 Å². The van der Waals surface area contributed by atoms with Gasteiger partial charge >= 0.3 is 0 Å². The van der Waals surface area contributed by atoms with Gasteiger partial charge in [-0.1, -0.05) is 5.16 Å². The fourth-order valence-electron chi connectivity index (χ4n) is 2.00. The molecule has 2 rings (SSSR count). The molecule has 21 heavy (non-hydrogen) atoms. The lowest BCUT2D eigenvalue weighted by atomic mass is 10.3. The highest BCUT2D eigenvalue weighted by Gasteiger charge is 2.19. The molecular formula is C13H19N3O4S. The van der Waals surface area contributed by atoms with Crippen LogP contribution in [0, 0.1) is 6.92 Å². The highest BCUT2D eigenvalue weighted by atomic mass is 32.2. The number of aromatic nitrogens is 2. The second-order valence-electron chi connectivity index (χ2n) is 5.09. The van der Waals surface area contributed by atoms with Crippen molar-refractivity contribution in [3.8, 4) is 0 Å². The number of nitrogens with zero attached hydrogens (tertiary/aromatic N) is 2. The van der Waals surface area contributed by atoms with Crippen molar-refractivity contribution in [3.63, 3.8) is 0 Å². The molecule has 0 saturated carbocycles. The summed E-state index contributed by atoms with van der Waals surface area (Å²) in [7, 11) is -3.66. The quantitative estimate of drug-likeness (QED) is 0.838. The Morgan fingerprint density at radius 2 is 2.14 bits per heavy atom. The third kappa shape index (κ3) is 3.52. The Morgan fingerprint density at radius 3 is 2.62 bits per heavy atom. The summed E-state index contributed by atoms with van der Waals surface area (Å²) in [6.07, 6.45) is 1.52. The van der Waals surface area contributed by atoms with Crippen molar-refractivity contribution in [2.45, 2.75) is 44.9 Å². The van der Waals surface area contributed by atoms with E-state index in [1.54, 1.807) is 17.6 Å². The maximum atomic E-state index is 12.2. The number of nitrogens with one attached hydrogen (secondary N) is 1. The molecule has 116 valence electrons. The van der Waals surface area contributed by atoms with Crippen molar-refractivity contribution in [1.82, 2.24) is 14.4 Å². The van der Waals surface area contributed by atoms with Gasteiger partial charge in [0.05, 0.1) is 23.7 Å². The van der Waals surface area contributed by atoms with Crippen LogP contribution in [0.2, 0.25) is 0 Å². The van der Waals surface area contributed by atoms with E-state index in [9.17, 15) is 13.5 Å². The Morgan fingerprint density at radius 1 is 1.43 bits per heavy atom. The Kier molecular flexibility index (Phi) is 4.50. The highest BCUT2D eigenvalue weighted by molar-refractivity contribution is 7.89. The summed E-state index contributed by atoms with van der Waals surface area (Å²) < 4.78 is 33.6. The van der Waals surface area contributed by atoms with Crippen LogP contribution in [0.25, 0.3) is 0 Å². The monoisotopic (exact) mass is 313 g/mol. The number of aliphatic hydroxyl groups excluding tert-OH is 1. The molecule has 0 aliphatic rings. The second kappa shape index (κ2) is 6.00. The Balaban J connectivity index is 2.19. The molecule has 2 N–H and O–H groups in total. The van der Waals surface area contributed by atoms with Gasteiger partial charge in [-0.3, -0.25) is 0 Å². The first kappa shape index (κ1) is 15.7. The van der Waals surface area contributed by atoms with E-state index in [0.29, 0.717) is 17.1 Å². The molecule has 2 aromatic rings. The molecule has 0 bridgehead atoms. The van der Waals surface area contributed by atoms with Crippen LogP contribution >= 0.6 is 0 Å². The van der Waals surface area contributed by atoms with Crippen LogP contribution < -0.4 is 4.72 Å². The minimum atomic E-state index is -3.66. The minimum Gasteiger partial charge on any atom is -0.390 e. The third-order valence-corrected chi connectivity index (χ3v) is 4.42. The van der Waals surface area contributed by atoms with Gasteiger partial charge in [0, 0.05) is 24.0 Å². The zero-order chi connectivity index (χ0) is 15.6. The molecule has 2 heterocycles. The summed E-state index contributed by atoms with van der Waals surface area (Å²) >= 11 is 0. The first-order chi connectivity index (χ1) is 9.83. The van der Waals surface area contributed by atoms with Gasteiger partial charge < -0.3 is 14.2 Å². The number of hydrogen-bond donors (Lipinski definition) is 2. The van der Waals surface area contributed by atoms with Crippen molar-refractivity contribution in [3.05, 3.63) is 35.5 Å². The summed E-state index contributed by atoms with van der Waals surface area (Å²) in [5.41, 5.74) is 1.25. The molecule has 7 nitrogen and oxygen atoms in total. The molecule has 0 aliphatic heterocycles. The summed E-state index contributed by atoms with van der Waals surface area (Å²) in [5.74, 6) is 0.446. The Labute approximate surface area is 123 Å². The smallest absolute Gasteiger partial charge is 0.242 e. The van der Waals surface area contributed by atoms with Crippen LogP contribution in [0.15, 0.2) is 27.7 Å². The summed E-state index contributed by atoms with van der Waals surface area (Å²) in [6.45, 7) is 5.41. The van der Waals surface area contributed by atoms with Crippen LogP contribution in [0.4, 0.5) is 0 Å². The van der Waals surface area contributed by atoms with Crippen LogP contribution in [0.5, 0.6) is 0 Å². The number of aliphatic hydroxyl groups is 1. The van der Waals surface area contributed by atoms with E-state index < -0.39 is 10.0 Å². The van der Waals surface area contributed by atoms with Gasteiger partial charge in [-0.2, -0.15) is 0 Å². The number of aryl methyl sites for hydroxylation is 1. The molecule has 0 radical (unpaired) electrons. The molecule has 2 aromatic heterocycles. The maximum absolute atomic E-state index is 12.2. The SMILES string of the molecule is Cc1cc(CNS(=O)(=O)c2cc(CO)n(C(C)C)c2)on1. The van der Waals surface area contributed by atoms with Gasteiger partial charge in [0.2, 0.25) is 10.0 Å². The van der Waals surface area contributed by atoms with Crippen LogP contribution in [0.3, 0.4) is 0 Å². The molecule has 0 spiro atoms. The lowest BCUT2D eigenvalue weighted by molar-refractivity contribution is 0.268. The van der Waals surface area contributed by atoms with Gasteiger partial charge in [-0.25, -0.2) is 13.1 Å². The van der Waals surface area contributed by atoms with Gasteiger partial charge in [-0.05, 0) is 26.8 Å². The number of rotatable bonds is 6. The van der Waals surface area contributed by atoms with Crippen LogP contribution in [-0.4, -0.2) is 23.2 Å². The molecule has 0 aliphatic carbocycles. The van der Waals surface area contributed by atoms with Crippen molar-refractivity contribution in [2.75, 3.05) is 0 Å². The van der Waals surface area contributed by atoms with Crippen molar-refractivity contribution in [2.24, 2.45) is 0 Å². The van der Waals surface area contributed by atoms with E-state index in [-0.39, 0.29) is 24.1 Å². The molecule has 0 unspecified atom stereocenters. The minimum absolute atomic E-state index is 0.0322. The van der Waals surface area contributed by atoms with Crippen molar-refractivity contribution in [1.29, 1.82) is 0 Å². The molecule has 0 amide bonds. The van der Waals surface area contributed by atoms with E-state index in [0.717, 1.165) is 0 Å². The lowest BCUT2D eigenvalue weighted by Gasteiger charge is -2.10. The van der Waals surface area contributed by atoms with Gasteiger partial charge in [-0.15, -0.1) is 0 Å². The first-order valence-electron chi connectivity index (χ1n) is 6.57.